The third-order valence-electron chi connectivity index (χ3n) is 17.9. The van der Waals surface area contributed by atoms with Crippen molar-refractivity contribution < 1.29 is 80.2 Å². The van der Waals surface area contributed by atoms with Gasteiger partial charge in [-0.2, -0.15) is 0 Å². The number of esters is 4. The van der Waals surface area contributed by atoms with Gasteiger partial charge in [-0.15, -0.1) is 0 Å². The number of phosphoric acid groups is 2. The number of hydrogen-bond donors (Lipinski definition) is 3. The van der Waals surface area contributed by atoms with Crippen LogP contribution in [0.2, 0.25) is 0 Å². The Morgan fingerprint density at radius 1 is 0.281 bits per heavy atom. The zero-order chi connectivity index (χ0) is 70.9. The summed E-state index contributed by atoms with van der Waals surface area (Å²) in [6.07, 6.45) is 54.2. The van der Waals surface area contributed by atoms with Gasteiger partial charge >= 0.3 is 39.5 Å². The Labute approximate surface area is 588 Å². The lowest BCUT2D eigenvalue weighted by molar-refractivity contribution is -0.161. The van der Waals surface area contributed by atoms with Gasteiger partial charge in [0.1, 0.15) is 19.3 Å². The van der Waals surface area contributed by atoms with Gasteiger partial charge in [-0.1, -0.05) is 344 Å². The molecule has 0 aliphatic rings. The van der Waals surface area contributed by atoms with Crippen LogP contribution in [0.1, 0.15) is 395 Å². The molecule has 0 radical (unpaired) electrons. The predicted octanol–water partition coefficient (Wildman–Crippen LogP) is 22.6. The minimum atomic E-state index is -4.96. The lowest BCUT2D eigenvalue weighted by atomic mass is 10.0. The van der Waals surface area contributed by atoms with Gasteiger partial charge < -0.3 is 33.8 Å². The molecule has 0 aliphatic heterocycles. The molecule has 0 bridgehead atoms. The molecule has 17 nitrogen and oxygen atoms in total. The number of aliphatic hydroxyl groups excluding tert-OH is 1. The monoisotopic (exact) mass is 1410 g/mol. The second-order valence-electron chi connectivity index (χ2n) is 29.2. The largest absolute Gasteiger partial charge is 0.472 e. The van der Waals surface area contributed by atoms with Crippen LogP contribution in [0.4, 0.5) is 0 Å². The van der Waals surface area contributed by atoms with Crippen LogP contribution in [0.25, 0.3) is 0 Å². The van der Waals surface area contributed by atoms with Crippen LogP contribution < -0.4 is 0 Å². The van der Waals surface area contributed by atoms with Gasteiger partial charge in [0.05, 0.1) is 26.4 Å². The SMILES string of the molecule is CCCCCCCCCCCCCCCCCCC(=O)OC[C@H](COP(=O)(O)OC[C@@H](O)COP(=O)(O)OC[C@@H](COC(=O)CCCCCCCCCC(C)C)OC(=O)CCCCCCCCCCCCC(C)C)OC(=O)CCCCCCCCCCCCCCCCC(C)C. The van der Waals surface area contributed by atoms with Gasteiger partial charge in [-0.3, -0.25) is 37.3 Å². The van der Waals surface area contributed by atoms with Gasteiger partial charge in [0.15, 0.2) is 12.2 Å². The van der Waals surface area contributed by atoms with Gasteiger partial charge in [-0.25, -0.2) is 9.13 Å². The molecule has 0 saturated heterocycles. The Bertz CT molecular complexity index is 1870. The molecule has 0 aromatic rings. The van der Waals surface area contributed by atoms with Crippen molar-refractivity contribution in [1.82, 2.24) is 0 Å². The number of ether oxygens (including phenoxy) is 4. The maximum absolute atomic E-state index is 13.1. The molecule has 3 N–H and O–H groups in total. The molecule has 2 unspecified atom stereocenters. The first kappa shape index (κ1) is 94.1. The zero-order valence-electron chi connectivity index (χ0n) is 62.8. The van der Waals surface area contributed by atoms with Crippen LogP contribution in [0.15, 0.2) is 0 Å². The molecule has 0 rings (SSSR count). The lowest BCUT2D eigenvalue weighted by Crippen LogP contribution is -2.30. The fourth-order valence-corrected chi connectivity index (χ4v) is 13.4. The summed E-state index contributed by atoms with van der Waals surface area (Å²) in [5.74, 6) is 0.135. The summed E-state index contributed by atoms with van der Waals surface area (Å²) in [4.78, 5) is 72.9. The van der Waals surface area contributed by atoms with Crippen molar-refractivity contribution in [2.24, 2.45) is 17.8 Å². The molecule has 0 heterocycles. The predicted molar refractivity (Wildman–Crippen MR) is 391 cm³/mol. The standard InChI is InChI=1S/C77H150O17P2/c1-8-9-10-11-12-13-14-15-16-17-21-24-30-37-44-51-58-74(79)87-64-72(93-76(81)60-53-46-38-31-25-22-19-18-20-23-28-34-41-48-55-68(2)3)66-91-95(83,84)89-62-71(78)63-90-96(85,86)92-67-73(65-88-75(80)59-52-45-40-33-36-43-50-57-70(6)7)94-77(82)61-54-47-39-32-27-26-29-35-42-49-56-69(4)5/h68-73,78H,8-67H2,1-7H3,(H,83,84)(H,85,86)/t71-,72-,73-/m1/s1. The fourth-order valence-electron chi connectivity index (χ4n) is 11.8. The molecule has 19 heteroatoms. The minimum Gasteiger partial charge on any atom is -0.462 e. The summed E-state index contributed by atoms with van der Waals surface area (Å²) in [5.41, 5.74) is 0. The molecular formula is C77H150O17P2. The van der Waals surface area contributed by atoms with Gasteiger partial charge in [0.25, 0.3) is 0 Å². The van der Waals surface area contributed by atoms with Crippen LogP contribution in [0.3, 0.4) is 0 Å². The molecule has 570 valence electrons. The highest BCUT2D eigenvalue weighted by molar-refractivity contribution is 7.47. The molecule has 0 aromatic carbocycles. The van der Waals surface area contributed by atoms with E-state index in [1.807, 2.05) is 0 Å². The number of carbonyl (C=O) groups is 4. The molecule has 0 saturated carbocycles. The van der Waals surface area contributed by atoms with E-state index in [1.54, 1.807) is 0 Å². The molecule has 0 fully saturated rings. The average molecular weight is 1410 g/mol. The van der Waals surface area contributed by atoms with Crippen molar-refractivity contribution in [3.05, 3.63) is 0 Å². The van der Waals surface area contributed by atoms with Crippen molar-refractivity contribution in [3.8, 4) is 0 Å². The molecule has 0 spiro atoms. The summed E-state index contributed by atoms with van der Waals surface area (Å²) >= 11 is 0. The summed E-state index contributed by atoms with van der Waals surface area (Å²) in [5, 5.41) is 10.6. The van der Waals surface area contributed by atoms with Crippen molar-refractivity contribution in [3.63, 3.8) is 0 Å². The van der Waals surface area contributed by atoms with Crippen molar-refractivity contribution in [1.29, 1.82) is 0 Å². The third-order valence-corrected chi connectivity index (χ3v) is 19.8. The van der Waals surface area contributed by atoms with Crippen LogP contribution >= 0.6 is 15.6 Å². The van der Waals surface area contributed by atoms with Crippen molar-refractivity contribution in [2.75, 3.05) is 39.6 Å². The van der Waals surface area contributed by atoms with E-state index in [0.717, 1.165) is 108 Å². The number of aliphatic hydroxyl groups is 1. The van der Waals surface area contributed by atoms with E-state index < -0.39 is 97.5 Å². The maximum atomic E-state index is 13.1. The second kappa shape index (κ2) is 67.5. The van der Waals surface area contributed by atoms with E-state index in [-0.39, 0.29) is 25.7 Å². The molecular weight excluding hydrogens is 1260 g/mol. The number of carbonyl (C=O) groups excluding carboxylic acids is 4. The minimum absolute atomic E-state index is 0.105. The third kappa shape index (κ3) is 70.5. The second-order valence-corrected chi connectivity index (χ2v) is 32.1. The molecule has 5 atom stereocenters. The number of hydrogen-bond acceptors (Lipinski definition) is 15. The molecule has 96 heavy (non-hydrogen) atoms. The fraction of sp³-hybridized carbons (Fsp3) is 0.948. The van der Waals surface area contributed by atoms with E-state index >= 15 is 0 Å². The molecule has 0 aromatic heterocycles. The van der Waals surface area contributed by atoms with E-state index in [0.29, 0.717) is 31.6 Å². The highest BCUT2D eigenvalue weighted by Gasteiger charge is 2.30. The quantitative estimate of drug-likeness (QED) is 0.0222. The highest BCUT2D eigenvalue weighted by atomic mass is 31.2. The summed E-state index contributed by atoms with van der Waals surface area (Å²) in [6.45, 7) is 11.9. The van der Waals surface area contributed by atoms with E-state index in [4.69, 9.17) is 37.0 Å². The molecule has 0 aliphatic carbocycles. The van der Waals surface area contributed by atoms with Gasteiger partial charge in [0.2, 0.25) is 0 Å². The average Bonchev–Trinajstić information content (AvgIpc) is 2.01. The number of phosphoric ester groups is 2. The topological polar surface area (TPSA) is 237 Å². The Balaban J connectivity index is 5.25. The maximum Gasteiger partial charge on any atom is 0.472 e. The summed E-state index contributed by atoms with van der Waals surface area (Å²) in [7, 11) is -9.91. The normalized spacial score (nSPS) is 14.1. The Kier molecular flexibility index (Phi) is 66.2. The number of unbranched alkanes of at least 4 members (excludes halogenated alkanes) is 43. The summed E-state index contributed by atoms with van der Waals surface area (Å²) in [6, 6.07) is 0. The smallest absolute Gasteiger partial charge is 0.462 e. The summed E-state index contributed by atoms with van der Waals surface area (Å²) < 4.78 is 68.6. The first-order chi connectivity index (χ1) is 46.2. The van der Waals surface area contributed by atoms with Gasteiger partial charge in [0, 0.05) is 25.7 Å². The number of rotatable bonds is 75. The zero-order valence-corrected chi connectivity index (χ0v) is 64.6. The van der Waals surface area contributed by atoms with Crippen molar-refractivity contribution >= 4 is 39.5 Å². The van der Waals surface area contributed by atoms with Gasteiger partial charge in [-0.05, 0) is 43.4 Å². The Hall–Kier alpha value is -1.94. The first-order valence-electron chi connectivity index (χ1n) is 39.8. The van der Waals surface area contributed by atoms with E-state index in [9.17, 15) is 43.2 Å². The van der Waals surface area contributed by atoms with Crippen LogP contribution in [0, 0.1) is 17.8 Å². The molecule has 0 amide bonds. The Morgan fingerprint density at radius 2 is 0.479 bits per heavy atom. The van der Waals surface area contributed by atoms with Crippen LogP contribution in [-0.4, -0.2) is 96.7 Å². The Morgan fingerprint density at radius 3 is 0.708 bits per heavy atom. The highest BCUT2D eigenvalue weighted by Crippen LogP contribution is 2.45. The van der Waals surface area contributed by atoms with Crippen LogP contribution in [-0.2, 0) is 65.4 Å². The van der Waals surface area contributed by atoms with Crippen molar-refractivity contribution in [2.45, 2.75) is 414 Å². The van der Waals surface area contributed by atoms with E-state index in [2.05, 4.69) is 48.5 Å². The van der Waals surface area contributed by atoms with Crippen LogP contribution in [0.5, 0.6) is 0 Å². The van der Waals surface area contributed by atoms with E-state index in [1.165, 1.54) is 199 Å². The first-order valence-corrected chi connectivity index (χ1v) is 42.8. The lowest BCUT2D eigenvalue weighted by Gasteiger charge is -2.21.